The van der Waals surface area contributed by atoms with E-state index in [1.165, 1.54) is 0 Å². The molecule has 1 aliphatic heterocycles. The van der Waals surface area contributed by atoms with Gasteiger partial charge < -0.3 is 19.7 Å². The molecule has 3 aliphatic carbocycles. The number of hydrogen-bond donors (Lipinski definition) is 2. The zero-order valence-corrected chi connectivity index (χ0v) is 7.24. The zero-order valence-electron chi connectivity index (χ0n) is 7.24. The smallest absolute Gasteiger partial charge is 0.426 e. The molecule has 2 fully saturated rings. The number of aliphatic hydroxyl groups is 2. The number of carbonyl (C=O) groups excluding carboxylic acids is 1. The first kappa shape index (κ1) is 8.26. The van der Waals surface area contributed by atoms with Gasteiger partial charge in [0.05, 0.1) is 12.2 Å². The molecule has 0 aromatic carbocycles. The molecular formula is C9H10O5. The minimum Gasteiger partial charge on any atom is -0.426 e. The van der Waals surface area contributed by atoms with E-state index in [1.54, 1.807) is 12.2 Å². The highest BCUT2D eigenvalue weighted by Gasteiger charge is 2.57. The van der Waals surface area contributed by atoms with Gasteiger partial charge in [-0.3, -0.25) is 0 Å². The lowest BCUT2D eigenvalue weighted by Crippen LogP contribution is -2.58. The molecule has 0 radical (unpaired) electrons. The highest BCUT2D eigenvalue weighted by atomic mass is 16.8. The van der Waals surface area contributed by atoms with Crippen LogP contribution in [0.3, 0.4) is 0 Å². The van der Waals surface area contributed by atoms with E-state index < -0.39 is 30.6 Å². The van der Waals surface area contributed by atoms with Crippen molar-refractivity contribution < 1.29 is 24.5 Å². The van der Waals surface area contributed by atoms with Gasteiger partial charge in [-0.1, -0.05) is 12.2 Å². The first-order valence-electron chi connectivity index (χ1n) is 4.60. The zero-order chi connectivity index (χ0) is 9.87. The molecule has 0 aromatic rings. The SMILES string of the molecule is O=C1O[C@@H]2[C@@H]3C=C[C@@H]([C@@H](O)[C@H]3O)[C@@H]2O1. The maximum atomic E-state index is 10.9. The maximum Gasteiger partial charge on any atom is 0.509 e. The fourth-order valence-corrected chi connectivity index (χ4v) is 2.53. The van der Waals surface area contributed by atoms with E-state index in [-0.39, 0.29) is 11.8 Å². The largest absolute Gasteiger partial charge is 0.509 e. The van der Waals surface area contributed by atoms with Crippen LogP contribution >= 0.6 is 0 Å². The van der Waals surface area contributed by atoms with Crippen LogP contribution in [0.4, 0.5) is 4.79 Å². The molecule has 4 aliphatic rings. The molecule has 2 bridgehead atoms. The lowest BCUT2D eigenvalue weighted by molar-refractivity contribution is -0.124. The van der Waals surface area contributed by atoms with Crippen molar-refractivity contribution in [3.8, 4) is 0 Å². The Kier molecular flexibility index (Phi) is 1.47. The minimum atomic E-state index is -0.860. The van der Waals surface area contributed by atoms with E-state index >= 15 is 0 Å². The van der Waals surface area contributed by atoms with Gasteiger partial charge in [0.2, 0.25) is 0 Å². The fraction of sp³-hybridized carbons (Fsp3) is 0.667. The summed E-state index contributed by atoms with van der Waals surface area (Å²) in [4.78, 5) is 10.9. The molecule has 6 atom stereocenters. The van der Waals surface area contributed by atoms with Crippen LogP contribution in [0.1, 0.15) is 0 Å². The van der Waals surface area contributed by atoms with Crippen LogP contribution < -0.4 is 0 Å². The predicted molar refractivity (Wildman–Crippen MR) is 43.3 cm³/mol. The Morgan fingerprint density at radius 1 is 1.00 bits per heavy atom. The Morgan fingerprint density at radius 3 is 1.86 bits per heavy atom. The van der Waals surface area contributed by atoms with Crippen molar-refractivity contribution in [1.82, 2.24) is 0 Å². The van der Waals surface area contributed by atoms with Crippen LogP contribution in [0, 0.1) is 11.8 Å². The normalized spacial score (nSPS) is 54.0. The summed E-state index contributed by atoms with van der Waals surface area (Å²) in [6, 6.07) is 0. The van der Waals surface area contributed by atoms with Crippen molar-refractivity contribution >= 4 is 6.16 Å². The average molecular weight is 198 g/mol. The Hall–Kier alpha value is -1.07. The van der Waals surface area contributed by atoms with E-state index in [1.807, 2.05) is 0 Å². The van der Waals surface area contributed by atoms with Crippen molar-refractivity contribution in [2.45, 2.75) is 24.4 Å². The van der Waals surface area contributed by atoms with Gasteiger partial charge in [-0.25, -0.2) is 4.79 Å². The molecule has 0 aromatic heterocycles. The third kappa shape index (κ3) is 0.835. The van der Waals surface area contributed by atoms with Crippen molar-refractivity contribution in [3.05, 3.63) is 12.2 Å². The molecule has 0 amide bonds. The molecular weight excluding hydrogens is 188 g/mol. The van der Waals surface area contributed by atoms with Crippen molar-refractivity contribution in [3.63, 3.8) is 0 Å². The van der Waals surface area contributed by atoms with E-state index in [2.05, 4.69) is 0 Å². The van der Waals surface area contributed by atoms with Crippen molar-refractivity contribution in [1.29, 1.82) is 0 Å². The lowest BCUT2D eigenvalue weighted by Gasteiger charge is -2.44. The third-order valence-electron chi connectivity index (χ3n) is 3.24. The van der Waals surface area contributed by atoms with Gasteiger partial charge in [0, 0.05) is 11.8 Å². The summed E-state index contributed by atoms with van der Waals surface area (Å²) in [5.41, 5.74) is 0. The van der Waals surface area contributed by atoms with E-state index in [0.29, 0.717) is 0 Å². The van der Waals surface area contributed by atoms with Crippen LogP contribution in [-0.4, -0.2) is 40.8 Å². The highest BCUT2D eigenvalue weighted by molar-refractivity contribution is 5.63. The van der Waals surface area contributed by atoms with Gasteiger partial charge in [0.15, 0.2) is 12.2 Å². The maximum absolute atomic E-state index is 10.9. The van der Waals surface area contributed by atoms with Crippen LogP contribution in [0.25, 0.3) is 0 Å². The molecule has 14 heavy (non-hydrogen) atoms. The summed E-state index contributed by atoms with van der Waals surface area (Å²) in [5.74, 6) is -0.683. The van der Waals surface area contributed by atoms with E-state index in [4.69, 9.17) is 9.47 Å². The molecule has 2 N–H and O–H groups in total. The number of rotatable bonds is 0. The molecule has 0 spiro atoms. The Balaban J connectivity index is 1.99. The van der Waals surface area contributed by atoms with Gasteiger partial charge in [0.25, 0.3) is 0 Å². The predicted octanol–water partition coefficient (Wildman–Crippen LogP) is -0.572. The molecule has 1 heterocycles. The van der Waals surface area contributed by atoms with Crippen LogP contribution in [0.5, 0.6) is 0 Å². The standard InChI is InChI=1S/C9H10O5/c10-5-3-1-2-4(6(5)11)8-7(3)13-9(12)14-8/h1-8,10-11H/t3-,4+,5+,6-,7-,8+. The van der Waals surface area contributed by atoms with Crippen LogP contribution in [0.15, 0.2) is 12.2 Å². The Bertz CT molecular complexity index is 284. The van der Waals surface area contributed by atoms with Crippen molar-refractivity contribution in [2.75, 3.05) is 0 Å². The number of carbonyl (C=O) groups is 1. The molecule has 5 nitrogen and oxygen atoms in total. The molecule has 76 valence electrons. The monoisotopic (exact) mass is 198 g/mol. The average Bonchev–Trinajstić information content (AvgIpc) is 2.54. The van der Waals surface area contributed by atoms with E-state index in [9.17, 15) is 15.0 Å². The highest BCUT2D eigenvalue weighted by Crippen LogP contribution is 2.43. The number of aliphatic hydroxyl groups excluding tert-OH is 2. The van der Waals surface area contributed by atoms with Crippen molar-refractivity contribution in [2.24, 2.45) is 11.8 Å². The molecule has 5 heteroatoms. The van der Waals surface area contributed by atoms with Crippen LogP contribution in [0.2, 0.25) is 0 Å². The summed E-state index contributed by atoms with van der Waals surface area (Å²) in [6.45, 7) is 0. The quantitative estimate of drug-likeness (QED) is 0.402. The van der Waals surface area contributed by atoms with Crippen LogP contribution in [-0.2, 0) is 9.47 Å². The first-order valence-corrected chi connectivity index (χ1v) is 4.60. The summed E-state index contributed by atoms with van der Waals surface area (Å²) < 4.78 is 9.87. The Morgan fingerprint density at radius 2 is 1.43 bits per heavy atom. The van der Waals surface area contributed by atoms with E-state index in [0.717, 1.165) is 0 Å². The summed E-state index contributed by atoms with van der Waals surface area (Å²) in [5, 5.41) is 19.3. The second-order valence-electron chi connectivity index (χ2n) is 3.94. The summed E-state index contributed by atoms with van der Waals surface area (Å²) in [6.07, 6.45) is 0.268. The molecule has 1 saturated carbocycles. The van der Waals surface area contributed by atoms with Gasteiger partial charge in [0.1, 0.15) is 0 Å². The molecule has 1 saturated heterocycles. The Labute approximate surface area is 79.9 Å². The van der Waals surface area contributed by atoms with Gasteiger partial charge in [-0.2, -0.15) is 0 Å². The summed E-state index contributed by atoms with van der Waals surface area (Å²) >= 11 is 0. The van der Waals surface area contributed by atoms with Gasteiger partial charge in [-0.15, -0.1) is 0 Å². The summed E-state index contributed by atoms with van der Waals surface area (Å²) in [7, 11) is 0. The second-order valence-corrected chi connectivity index (χ2v) is 3.94. The first-order chi connectivity index (χ1) is 6.68. The number of ether oxygens (including phenoxy) is 2. The lowest BCUT2D eigenvalue weighted by atomic mass is 9.68. The number of fused-ring (bicyclic) bond motifs is 1. The minimum absolute atomic E-state index is 0.341. The fourth-order valence-electron chi connectivity index (χ4n) is 2.53. The third-order valence-corrected chi connectivity index (χ3v) is 3.24. The van der Waals surface area contributed by atoms with Gasteiger partial charge >= 0.3 is 6.16 Å². The molecule has 0 unspecified atom stereocenters. The molecule has 4 rings (SSSR count). The topological polar surface area (TPSA) is 76.0 Å². The second kappa shape index (κ2) is 2.49. The number of hydrogen-bond acceptors (Lipinski definition) is 5. The van der Waals surface area contributed by atoms with Gasteiger partial charge in [-0.05, 0) is 0 Å².